The molecule has 3 atom stereocenters. The molecule has 3 aromatic heterocycles. The summed E-state index contributed by atoms with van der Waals surface area (Å²) in [6.45, 7) is 2.48. The number of anilines is 1. The number of fused-ring (bicyclic) bond motifs is 2. The van der Waals surface area contributed by atoms with Crippen LogP contribution in [0.5, 0.6) is 0 Å². The largest absolute Gasteiger partial charge is 0.420 e. The molecule has 3 heterocycles. The SMILES string of the molecule is CC(=O)N[C@@H](C)c1c(F)c(C(F)(F)F)c(-c2cn3cc(NC(=O)OC(=O)[C@@H]4C[C@@H]4F)nc3cn2)c2cn[nH]c12. The van der Waals surface area contributed by atoms with Gasteiger partial charge in [0.15, 0.2) is 11.5 Å². The van der Waals surface area contributed by atoms with Crippen LogP contribution in [-0.4, -0.2) is 48.7 Å². The molecule has 39 heavy (non-hydrogen) atoms. The molecule has 1 aromatic carbocycles. The van der Waals surface area contributed by atoms with Gasteiger partial charge in [-0.3, -0.25) is 25.0 Å². The molecule has 0 unspecified atom stereocenters. The monoisotopic (exact) mass is 551 g/mol. The number of aromatic amines is 1. The Morgan fingerprint density at radius 1 is 1.23 bits per heavy atom. The Hall–Kier alpha value is -4.63. The van der Waals surface area contributed by atoms with Gasteiger partial charge in [-0.15, -0.1) is 0 Å². The van der Waals surface area contributed by atoms with Crippen LogP contribution in [0.3, 0.4) is 0 Å². The van der Waals surface area contributed by atoms with Crippen LogP contribution in [0, 0.1) is 11.7 Å². The number of nitrogens with one attached hydrogen (secondary N) is 3. The van der Waals surface area contributed by atoms with Gasteiger partial charge in [-0.05, 0) is 13.3 Å². The van der Waals surface area contributed by atoms with Crippen molar-refractivity contribution in [1.82, 2.24) is 29.9 Å². The van der Waals surface area contributed by atoms with Gasteiger partial charge in [-0.2, -0.15) is 18.3 Å². The number of nitrogens with zero attached hydrogens (tertiary/aromatic N) is 4. The van der Waals surface area contributed by atoms with Crippen LogP contribution in [0.15, 0.2) is 24.8 Å². The van der Waals surface area contributed by atoms with Gasteiger partial charge in [0.25, 0.3) is 0 Å². The summed E-state index contributed by atoms with van der Waals surface area (Å²) < 4.78 is 77.1. The van der Waals surface area contributed by atoms with Gasteiger partial charge in [-0.25, -0.2) is 18.6 Å². The molecule has 4 aromatic rings. The van der Waals surface area contributed by atoms with E-state index in [1.54, 1.807) is 0 Å². The van der Waals surface area contributed by atoms with Crippen LogP contribution >= 0.6 is 0 Å². The van der Waals surface area contributed by atoms with Gasteiger partial charge in [0.2, 0.25) is 5.91 Å². The maximum absolute atomic E-state index is 15.6. The van der Waals surface area contributed by atoms with Gasteiger partial charge in [0.1, 0.15) is 17.6 Å². The van der Waals surface area contributed by atoms with Crippen LogP contribution in [0.1, 0.15) is 37.4 Å². The molecule has 0 aliphatic heterocycles. The third-order valence-electron chi connectivity index (χ3n) is 6.06. The van der Waals surface area contributed by atoms with E-state index in [4.69, 9.17) is 0 Å². The Kier molecular flexibility index (Phi) is 6.19. The molecule has 1 saturated carbocycles. The summed E-state index contributed by atoms with van der Waals surface area (Å²) in [5.41, 5.74) is -2.93. The first-order valence-corrected chi connectivity index (χ1v) is 11.4. The van der Waals surface area contributed by atoms with Crippen molar-refractivity contribution in [2.24, 2.45) is 5.92 Å². The first kappa shape index (κ1) is 26.0. The summed E-state index contributed by atoms with van der Waals surface area (Å²) in [5.74, 6) is -4.36. The van der Waals surface area contributed by atoms with Crippen molar-refractivity contribution >= 4 is 40.3 Å². The minimum Gasteiger partial charge on any atom is -0.376 e. The average molecular weight is 551 g/mol. The van der Waals surface area contributed by atoms with Crippen molar-refractivity contribution in [1.29, 1.82) is 0 Å². The van der Waals surface area contributed by atoms with Crippen LogP contribution in [0.25, 0.3) is 27.8 Å². The first-order valence-electron chi connectivity index (χ1n) is 11.4. The number of rotatable bonds is 5. The van der Waals surface area contributed by atoms with E-state index in [9.17, 15) is 31.9 Å². The summed E-state index contributed by atoms with van der Waals surface area (Å²) in [6.07, 6.45) is -3.27. The third-order valence-corrected chi connectivity index (χ3v) is 6.06. The lowest BCUT2D eigenvalue weighted by molar-refractivity contribution is -0.140. The molecule has 0 bridgehead atoms. The van der Waals surface area contributed by atoms with Gasteiger partial charge in [0.05, 0.1) is 41.8 Å². The van der Waals surface area contributed by atoms with Crippen LogP contribution in [-0.2, 0) is 20.5 Å². The van der Waals surface area contributed by atoms with Gasteiger partial charge < -0.3 is 14.5 Å². The van der Waals surface area contributed by atoms with E-state index in [1.165, 1.54) is 17.5 Å². The zero-order chi connectivity index (χ0) is 28.2. The van der Waals surface area contributed by atoms with Gasteiger partial charge in [-0.1, -0.05) is 0 Å². The summed E-state index contributed by atoms with van der Waals surface area (Å²) >= 11 is 0. The fourth-order valence-corrected chi connectivity index (χ4v) is 4.28. The van der Waals surface area contributed by atoms with Crippen LogP contribution in [0.2, 0.25) is 0 Å². The van der Waals surface area contributed by atoms with Crippen molar-refractivity contribution < 1.29 is 41.1 Å². The van der Waals surface area contributed by atoms with Gasteiger partial charge >= 0.3 is 18.2 Å². The van der Waals surface area contributed by atoms with E-state index < -0.39 is 64.8 Å². The summed E-state index contributed by atoms with van der Waals surface area (Å²) in [4.78, 5) is 43.1. The minimum absolute atomic E-state index is 0.0352. The lowest BCUT2D eigenvalue weighted by atomic mass is 9.92. The molecule has 11 nitrogen and oxygen atoms in total. The molecule has 1 aliphatic carbocycles. The normalized spacial score (nSPS) is 17.7. The second-order valence-electron chi connectivity index (χ2n) is 8.91. The van der Waals surface area contributed by atoms with Crippen molar-refractivity contribution in [2.45, 2.75) is 38.7 Å². The average Bonchev–Trinajstić information content (AvgIpc) is 3.20. The highest BCUT2D eigenvalue weighted by molar-refractivity contribution is 5.98. The molecular weight excluding hydrogens is 533 g/mol. The second kappa shape index (κ2) is 9.28. The number of amides is 2. The van der Waals surface area contributed by atoms with Crippen LogP contribution < -0.4 is 10.6 Å². The number of hydrogen-bond donors (Lipinski definition) is 3. The fourth-order valence-electron chi connectivity index (χ4n) is 4.28. The summed E-state index contributed by atoms with van der Waals surface area (Å²) in [5, 5.41) is 10.7. The van der Waals surface area contributed by atoms with Crippen molar-refractivity contribution in [3.05, 3.63) is 41.7 Å². The summed E-state index contributed by atoms with van der Waals surface area (Å²) in [7, 11) is 0. The number of halogens is 5. The molecule has 0 spiro atoms. The number of hydrogen-bond acceptors (Lipinski definition) is 7. The molecule has 1 fully saturated rings. The Morgan fingerprint density at radius 3 is 2.59 bits per heavy atom. The number of esters is 1. The Labute approximate surface area is 214 Å². The molecule has 1 aliphatic rings. The molecular formula is C23H18F5N7O4. The highest BCUT2D eigenvalue weighted by Gasteiger charge is 2.46. The zero-order valence-electron chi connectivity index (χ0n) is 20.1. The topological polar surface area (TPSA) is 143 Å². The molecule has 16 heteroatoms. The van der Waals surface area contributed by atoms with Crippen molar-refractivity contribution in [3.63, 3.8) is 0 Å². The molecule has 3 N–H and O–H groups in total. The van der Waals surface area contributed by atoms with Gasteiger partial charge in [0, 0.05) is 29.6 Å². The second-order valence-corrected chi connectivity index (χ2v) is 8.91. The maximum Gasteiger partial charge on any atom is 0.420 e. The van der Waals surface area contributed by atoms with E-state index in [0.29, 0.717) is 0 Å². The zero-order valence-corrected chi connectivity index (χ0v) is 20.1. The fraction of sp³-hybridized carbons (Fsp3) is 0.304. The number of alkyl halides is 4. The molecule has 2 amide bonds. The number of imidazole rings is 1. The molecule has 204 valence electrons. The Balaban J connectivity index is 1.56. The van der Waals surface area contributed by atoms with Crippen molar-refractivity contribution in [2.75, 3.05) is 5.32 Å². The number of aromatic nitrogens is 5. The first-order chi connectivity index (χ1) is 18.3. The maximum atomic E-state index is 15.6. The summed E-state index contributed by atoms with van der Waals surface area (Å²) in [6, 6.07) is -1.12. The number of carbonyl (C=O) groups excluding carboxylic acids is 3. The van der Waals surface area contributed by atoms with E-state index in [-0.39, 0.29) is 34.5 Å². The Bertz CT molecular complexity index is 1650. The number of carbonyl (C=O) groups is 3. The smallest absolute Gasteiger partial charge is 0.376 e. The van der Waals surface area contributed by atoms with E-state index >= 15 is 4.39 Å². The molecule has 0 radical (unpaired) electrons. The third kappa shape index (κ3) is 4.84. The van der Waals surface area contributed by atoms with E-state index in [1.807, 2.05) is 0 Å². The van der Waals surface area contributed by atoms with E-state index in [0.717, 1.165) is 25.5 Å². The highest BCUT2D eigenvalue weighted by atomic mass is 19.4. The predicted octanol–water partition coefficient (Wildman–Crippen LogP) is 4.06. The lowest BCUT2D eigenvalue weighted by Gasteiger charge is -2.21. The number of ether oxygens (including phenoxy) is 1. The number of H-pyrrole nitrogens is 1. The highest BCUT2D eigenvalue weighted by Crippen LogP contribution is 2.45. The van der Waals surface area contributed by atoms with E-state index in [2.05, 4.69) is 35.5 Å². The van der Waals surface area contributed by atoms with Crippen LogP contribution in [0.4, 0.5) is 32.6 Å². The Morgan fingerprint density at radius 2 is 1.95 bits per heavy atom. The van der Waals surface area contributed by atoms with Crippen molar-refractivity contribution in [3.8, 4) is 11.3 Å². The standard InChI is InChI=1S/C23H18F5N7O4/c1-8(31-9(2)36)16-19(25)18(23(26,27)28)17(11-4-30-34-20(11)16)13-6-35-7-14(32-15(35)5-29-13)33-22(38)39-21(37)10-3-12(10)24/h4-8,10,12H,3H2,1-2H3,(H,30,34)(H,31,36)(H,33,38)/t8-,10+,12-/m0/s1. The predicted molar refractivity (Wildman–Crippen MR) is 123 cm³/mol. The number of benzene rings is 1. The minimum atomic E-state index is -5.16. The quantitative estimate of drug-likeness (QED) is 0.193. The molecule has 5 rings (SSSR count). The lowest BCUT2D eigenvalue weighted by Crippen LogP contribution is -2.26. The molecule has 0 saturated heterocycles.